The van der Waals surface area contributed by atoms with Gasteiger partial charge in [-0.05, 0) is 19.1 Å². The molecule has 6 heteroatoms. The van der Waals surface area contributed by atoms with Crippen molar-refractivity contribution in [3.05, 3.63) is 81.8 Å². The number of aromatic nitrogens is 3. The molecule has 0 bridgehead atoms. The number of pyridine rings is 1. The van der Waals surface area contributed by atoms with Crippen molar-refractivity contribution in [3.8, 4) is 5.75 Å². The zero-order valence-corrected chi connectivity index (χ0v) is 14.8. The van der Waals surface area contributed by atoms with E-state index in [1.54, 1.807) is 28.4 Å². The van der Waals surface area contributed by atoms with Crippen LogP contribution in [0.25, 0.3) is 22.2 Å². The number of hydrogen-bond acceptors (Lipinski definition) is 4. The Kier molecular flexibility index (Phi) is 3.94. The van der Waals surface area contributed by atoms with E-state index in [1.165, 1.54) is 12.3 Å². The standard InChI is InChI=1S/C21H17N3O3/c1-13(25)19-10-20(26)21(27)12-24(19)15-6-3-5-14(9-15)16-7-4-8-18-17(16)11-22-23(18)2/h4,6-13,25,27H,1-2H3. The summed E-state index contributed by atoms with van der Waals surface area (Å²) in [6.07, 6.45) is 5.78. The van der Waals surface area contributed by atoms with Gasteiger partial charge in [-0.15, -0.1) is 0 Å². The zero-order chi connectivity index (χ0) is 19.1. The van der Waals surface area contributed by atoms with Gasteiger partial charge in [0, 0.05) is 35.7 Å². The van der Waals surface area contributed by atoms with E-state index < -0.39 is 11.5 Å². The largest absolute Gasteiger partial charge is 0.503 e. The number of rotatable bonds is 3. The summed E-state index contributed by atoms with van der Waals surface area (Å²) in [7, 11) is 1.89. The van der Waals surface area contributed by atoms with Gasteiger partial charge in [-0.1, -0.05) is 23.6 Å². The second kappa shape index (κ2) is 6.31. The van der Waals surface area contributed by atoms with E-state index in [0.29, 0.717) is 11.4 Å². The van der Waals surface area contributed by atoms with Crippen molar-refractivity contribution < 1.29 is 10.2 Å². The molecule has 4 rings (SSSR count). The molecule has 1 unspecified atom stereocenters. The SMILES string of the molecule is CC(O)c1cc(=O)c(O)cn1C1=CC(c2cccc3c2cnn3C)=C=C=C1. The van der Waals surface area contributed by atoms with Crippen molar-refractivity contribution >= 4 is 22.2 Å². The number of aromatic hydroxyl groups is 1. The van der Waals surface area contributed by atoms with E-state index in [9.17, 15) is 15.0 Å². The van der Waals surface area contributed by atoms with Gasteiger partial charge in [0.25, 0.3) is 0 Å². The highest BCUT2D eigenvalue weighted by atomic mass is 16.3. The molecular weight excluding hydrogens is 342 g/mol. The molecule has 2 heterocycles. The number of benzene rings is 1. The van der Waals surface area contributed by atoms with Crippen LogP contribution in [0.3, 0.4) is 0 Å². The topological polar surface area (TPSA) is 80.3 Å². The van der Waals surface area contributed by atoms with Crippen molar-refractivity contribution in [2.45, 2.75) is 13.0 Å². The van der Waals surface area contributed by atoms with E-state index in [2.05, 4.69) is 16.6 Å². The Morgan fingerprint density at radius 1 is 1.30 bits per heavy atom. The maximum absolute atomic E-state index is 11.8. The fourth-order valence-corrected chi connectivity index (χ4v) is 3.19. The summed E-state index contributed by atoms with van der Waals surface area (Å²) in [5.74, 6) is -0.386. The fourth-order valence-electron chi connectivity index (χ4n) is 3.19. The molecule has 0 amide bonds. The van der Waals surface area contributed by atoms with E-state index in [4.69, 9.17) is 0 Å². The molecular formula is C21H17N3O3. The molecule has 134 valence electrons. The summed E-state index contributed by atoms with van der Waals surface area (Å²) in [6.45, 7) is 1.57. The molecule has 1 aliphatic rings. The number of aliphatic hydroxyl groups is 1. The minimum absolute atomic E-state index is 0.378. The second-order valence-electron chi connectivity index (χ2n) is 6.40. The molecule has 0 aliphatic heterocycles. The van der Waals surface area contributed by atoms with Gasteiger partial charge in [-0.3, -0.25) is 9.48 Å². The normalized spacial score (nSPS) is 14.3. The maximum atomic E-state index is 11.8. The van der Waals surface area contributed by atoms with Crippen molar-refractivity contribution in [3.63, 3.8) is 0 Å². The number of fused-ring (bicyclic) bond motifs is 1. The number of aryl methyl sites for hydroxylation is 1. The molecule has 0 fully saturated rings. The summed E-state index contributed by atoms with van der Waals surface area (Å²) >= 11 is 0. The highest BCUT2D eigenvalue weighted by Gasteiger charge is 2.15. The molecule has 0 spiro atoms. The Morgan fingerprint density at radius 2 is 2.11 bits per heavy atom. The Morgan fingerprint density at radius 3 is 2.89 bits per heavy atom. The van der Waals surface area contributed by atoms with Crippen LogP contribution in [-0.4, -0.2) is 24.6 Å². The first-order valence-electron chi connectivity index (χ1n) is 8.44. The molecule has 0 saturated carbocycles. The summed E-state index contributed by atoms with van der Waals surface area (Å²) in [5, 5.41) is 25.2. The molecule has 1 aromatic carbocycles. The van der Waals surface area contributed by atoms with Crippen LogP contribution >= 0.6 is 0 Å². The van der Waals surface area contributed by atoms with Gasteiger partial charge >= 0.3 is 0 Å². The summed E-state index contributed by atoms with van der Waals surface area (Å²) in [4.78, 5) is 11.8. The lowest BCUT2D eigenvalue weighted by atomic mass is 10.00. The van der Waals surface area contributed by atoms with Crippen molar-refractivity contribution in [2.24, 2.45) is 7.05 Å². The summed E-state index contributed by atoms with van der Waals surface area (Å²) < 4.78 is 3.39. The molecule has 2 N–H and O–H groups in total. The predicted octanol–water partition coefficient (Wildman–Crippen LogP) is 2.74. The average molecular weight is 359 g/mol. The first kappa shape index (κ1) is 16.9. The van der Waals surface area contributed by atoms with Gasteiger partial charge in [-0.2, -0.15) is 5.10 Å². The number of hydrogen-bond donors (Lipinski definition) is 2. The van der Waals surface area contributed by atoms with Gasteiger partial charge in [0.1, 0.15) is 0 Å². The van der Waals surface area contributed by atoms with Crippen molar-refractivity contribution in [2.75, 3.05) is 0 Å². The van der Waals surface area contributed by atoms with Gasteiger partial charge in [0.15, 0.2) is 5.75 Å². The van der Waals surface area contributed by atoms with Crippen LogP contribution in [0.5, 0.6) is 5.75 Å². The number of aliphatic hydroxyl groups excluding tert-OH is 1. The van der Waals surface area contributed by atoms with Gasteiger partial charge < -0.3 is 14.8 Å². The van der Waals surface area contributed by atoms with Crippen molar-refractivity contribution in [1.82, 2.24) is 14.3 Å². The number of allylic oxidation sites excluding steroid dienone is 4. The van der Waals surface area contributed by atoms with Crippen LogP contribution < -0.4 is 5.43 Å². The summed E-state index contributed by atoms with van der Waals surface area (Å²) in [6, 6.07) is 7.15. The molecule has 1 atom stereocenters. The highest BCUT2D eigenvalue weighted by Crippen LogP contribution is 2.29. The third kappa shape index (κ3) is 2.84. The van der Waals surface area contributed by atoms with E-state index in [1.807, 2.05) is 31.3 Å². The van der Waals surface area contributed by atoms with Gasteiger partial charge in [-0.25, -0.2) is 0 Å². The third-order valence-electron chi connectivity index (χ3n) is 4.57. The smallest absolute Gasteiger partial charge is 0.223 e. The van der Waals surface area contributed by atoms with Crippen molar-refractivity contribution in [1.29, 1.82) is 0 Å². The lowest BCUT2D eigenvalue weighted by molar-refractivity contribution is 0.191. The average Bonchev–Trinajstić information content (AvgIpc) is 3.05. The van der Waals surface area contributed by atoms with Gasteiger partial charge in [0.2, 0.25) is 5.43 Å². The summed E-state index contributed by atoms with van der Waals surface area (Å²) in [5.41, 5.74) is 9.32. The van der Waals surface area contributed by atoms with E-state index in [0.717, 1.165) is 22.0 Å². The fraction of sp³-hybridized carbons (Fsp3) is 0.143. The lowest BCUT2D eigenvalue weighted by Crippen LogP contribution is -2.13. The first-order chi connectivity index (χ1) is 13.0. The Labute approximate surface area is 154 Å². The predicted molar refractivity (Wildman–Crippen MR) is 103 cm³/mol. The molecule has 0 saturated heterocycles. The monoisotopic (exact) mass is 359 g/mol. The second-order valence-corrected chi connectivity index (χ2v) is 6.40. The molecule has 0 radical (unpaired) electrons. The minimum atomic E-state index is -0.882. The van der Waals surface area contributed by atoms with Crippen LogP contribution in [0.15, 0.2) is 65.1 Å². The van der Waals surface area contributed by atoms with Crippen LogP contribution in [-0.2, 0) is 7.05 Å². The van der Waals surface area contributed by atoms with E-state index >= 15 is 0 Å². The minimum Gasteiger partial charge on any atom is -0.503 e. The molecule has 27 heavy (non-hydrogen) atoms. The number of nitrogens with zero attached hydrogens (tertiary/aromatic N) is 3. The van der Waals surface area contributed by atoms with Crippen LogP contribution in [0, 0.1) is 0 Å². The first-order valence-corrected chi connectivity index (χ1v) is 8.44. The van der Waals surface area contributed by atoms with E-state index in [-0.39, 0.29) is 5.75 Å². The van der Waals surface area contributed by atoms with Crippen LogP contribution in [0.1, 0.15) is 24.3 Å². The molecule has 3 aromatic rings. The van der Waals surface area contributed by atoms with Crippen LogP contribution in [0.2, 0.25) is 0 Å². The lowest BCUT2D eigenvalue weighted by Gasteiger charge is -2.17. The molecule has 6 nitrogen and oxygen atoms in total. The van der Waals surface area contributed by atoms with Crippen LogP contribution in [0.4, 0.5) is 0 Å². The maximum Gasteiger partial charge on any atom is 0.223 e. The Balaban J connectivity index is 1.89. The van der Waals surface area contributed by atoms with Gasteiger partial charge in [0.05, 0.1) is 35.4 Å². The zero-order valence-electron chi connectivity index (χ0n) is 14.8. The Bertz CT molecular complexity index is 1260. The molecule has 2 aromatic heterocycles. The quantitative estimate of drug-likeness (QED) is 0.705. The highest BCUT2D eigenvalue weighted by molar-refractivity contribution is 5.96. The molecule has 1 aliphatic carbocycles. The Hall–Kier alpha value is -3.56. The third-order valence-corrected chi connectivity index (χ3v) is 4.57.